The molecule has 0 spiro atoms. The molecule has 0 fully saturated rings. The van der Waals surface area contributed by atoms with Crippen LogP contribution in [-0.4, -0.2) is 20.9 Å². The minimum absolute atomic E-state index is 0.0713. The second-order valence-electron chi connectivity index (χ2n) is 3.58. The van der Waals surface area contributed by atoms with Crippen molar-refractivity contribution in [1.29, 1.82) is 0 Å². The van der Waals surface area contributed by atoms with Gasteiger partial charge in [0.2, 0.25) is 0 Å². The highest BCUT2D eigenvalue weighted by atomic mass is 19.1. The van der Waals surface area contributed by atoms with Crippen molar-refractivity contribution >= 4 is 5.97 Å². The van der Waals surface area contributed by atoms with Crippen LogP contribution in [0.15, 0.2) is 30.6 Å². The first-order valence-corrected chi connectivity index (χ1v) is 5.17. The van der Waals surface area contributed by atoms with Crippen LogP contribution in [-0.2, 0) is 6.54 Å². The van der Waals surface area contributed by atoms with Gasteiger partial charge in [0, 0.05) is 23.9 Å². The molecule has 2 rings (SSSR count). The van der Waals surface area contributed by atoms with E-state index in [1.807, 2.05) is 6.92 Å². The Kier molecular flexibility index (Phi) is 2.91. The minimum atomic E-state index is -1.08. The molecule has 88 valence electrons. The standard InChI is InChI=1S/C12H11FN2O2/c1-2-15-7-8(6-14-15)11-5-9(13)3-4-10(11)12(16)17/h3-7H,2H2,1H3,(H,16,17). The summed E-state index contributed by atoms with van der Waals surface area (Å²) in [5, 5.41) is 13.1. The molecule has 0 unspecified atom stereocenters. The normalized spacial score (nSPS) is 10.5. The quantitative estimate of drug-likeness (QED) is 0.887. The van der Waals surface area contributed by atoms with Crippen molar-refractivity contribution in [2.24, 2.45) is 0 Å². The van der Waals surface area contributed by atoms with Gasteiger partial charge in [0.1, 0.15) is 5.82 Å². The maximum absolute atomic E-state index is 13.2. The molecule has 0 aliphatic rings. The number of aromatic nitrogens is 2. The van der Waals surface area contributed by atoms with Gasteiger partial charge < -0.3 is 5.11 Å². The van der Waals surface area contributed by atoms with Crippen LogP contribution < -0.4 is 0 Å². The molecule has 0 saturated carbocycles. The Bertz CT molecular complexity index is 563. The van der Waals surface area contributed by atoms with E-state index in [0.717, 1.165) is 6.07 Å². The maximum Gasteiger partial charge on any atom is 0.336 e. The Morgan fingerprint density at radius 3 is 2.88 bits per heavy atom. The smallest absolute Gasteiger partial charge is 0.336 e. The SMILES string of the molecule is CCn1cc(-c2cc(F)ccc2C(=O)O)cn1. The Labute approximate surface area is 97.3 Å². The summed E-state index contributed by atoms with van der Waals surface area (Å²) in [6.45, 7) is 2.60. The molecule has 1 heterocycles. The van der Waals surface area contributed by atoms with Crippen molar-refractivity contribution < 1.29 is 14.3 Å². The number of benzene rings is 1. The predicted octanol–water partition coefficient (Wildman–Crippen LogP) is 2.41. The molecule has 0 aliphatic carbocycles. The van der Waals surface area contributed by atoms with Gasteiger partial charge in [-0.2, -0.15) is 5.10 Å². The summed E-state index contributed by atoms with van der Waals surface area (Å²) in [5.41, 5.74) is 1.02. The topological polar surface area (TPSA) is 55.1 Å². The summed E-state index contributed by atoms with van der Waals surface area (Å²) in [6, 6.07) is 3.61. The van der Waals surface area contributed by atoms with Crippen LogP contribution in [0.3, 0.4) is 0 Å². The van der Waals surface area contributed by atoms with Gasteiger partial charge in [0.25, 0.3) is 0 Å². The zero-order valence-electron chi connectivity index (χ0n) is 9.22. The first kappa shape index (κ1) is 11.3. The van der Waals surface area contributed by atoms with Crippen LogP contribution in [0.1, 0.15) is 17.3 Å². The highest BCUT2D eigenvalue weighted by molar-refractivity contribution is 5.95. The number of carboxylic acids is 1. The first-order chi connectivity index (χ1) is 8.11. The summed E-state index contributed by atoms with van der Waals surface area (Å²) in [4.78, 5) is 11.0. The minimum Gasteiger partial charge on any atom is -0.478 e. The van der Waals surface area contributed by atoms with Crippen molar-refractivity contribution in [3.05, 3.63) is 42.0 Å². The average molecular weight is 234 g/mol. The fourth-order valence-corrected chi connectivity index (χ4v) is 1.62. The van der Waals surface area contributed by atoms with E-state index in [9.17, 15) is 9.18 Å². The highest BCUT2D eigenvalue weighted by Gasteiger charge is 2.13. The molecule has 17 heavy (non-hydrogen) atoms. The van der Waals surface area contributed by atoms with Gasteiger partial charge in [-0.1, -0.05) is 0 Å². The largest absolute Gasteiger partial charge is 0.478 e. The zero-order valence-corrected chi connectivity index (χ0v) is 9.22. The number of aryl methyl sites for hydroxylation is 1. The van der Waals surface area contributed by atoms with Gasteiger partial charge in [-0.25, -0.2) is 9.18 Å². The van der Waals surface area contributed by atoms with Gasteiger partial charge in [-0.15, -0.1) is 0 Å². The lowest BCUT2D eigenvalue weighted by atomic mass is 10.0. The lowest BCUT2D eigenvalue weighted by Gasteiger charge is -2.03. The molecule has 5 heteroatoms. The zero-order chi connectivity index (χ0) is 12.4. The molecule has 0 amide bonds. The number of halogens is 1. The number of aromatic carboxylic acids is 1. The van der Waals surface area contributed by atoms with Crippen LogP contribution in [0.2, 0.25) is 0 Å². The number of carboxylic acid groups (broad SMARTS) is 1. The van der Waals surface area contributed by atoms with E-state index in [1.54, 1.807) is 10.9 Å². The number of carbonyl (C=O) groups is 1. The molecule has 1 aromatic heterocycles. The molecule has 0 radical (unpaired) electrons. The average Bonchev–Trinajstić information content (AvgIpc) is 2.76. The molecule has 1 N–H and O–H groups in total. The summed E-state index contributed by atoms with van der Waals surface area (Å²) in [6.07, 6.45) is 3.23. The summed E-state index contributed by atoms with van der Waals surface area (Å²) >= 11 is 0. The van der Waals surface area contributed by atoms with E-state index in [2.05, 4.69) is 5.10 Å². The van der Waals surface area contributed by atoms with Crippen molar-refractivity contribution in [3.8, 4) is 11.1 Å². The lowest BCUT2D eigenvalue weighted by molar-refractivity contribution is 0.0697. The third kappa shape index (κ3) is 2.18. The Hall–Kier alpha value is -2.17. The monoisotopic (exact) mass is 234 g/mol. The Balaban J connectivity index is 2.56. The molecule has 0 atom stereocenters. The van der Waals surface area contributed by atoms with Crippen molar-refractivity contribution in [3.63, 3.8) is 0 Å². The fourth-order valence-electron chi connectivity index (χ4n) is 1.62. The van der Waals surface area contributed by atoms with E-state index < -0.39 is 11.8 Å². The van der Waals surface area contributed by atoms with Gasteiger partial charge >= 0.3 is 5.97 Å². The molecule has 4 nitrogen and oxygen atoms in total. The number of nitrogens with zero attached hydrogens (tertiary/aromatic N) is 2. The van der Waals surface area contributed by atoms with Crippen LogP contribution in [0.5, 0.6) is 0 Å². The molecular weight excluding hydrogens is 223 g/mol. The van der Waals surface area contributed by atoms with Crippen molar-refractivity contribution in [2.45, 2.75) is 13.5 Å². The number of hydrogen-bond donors (Lipinski definition) is 1. The first-order valence-electron chi connectivity index (χ1n) is 5.17. The molecular formula is C12H11FN2O2. The van der Waals surface area contributed by atoms with Crippen LogP contribution in [0, 0.1) is 5.82 Å². The van der Waals surface area contributed by atoms with Crippen molar-refractivity contribution in [1.82, 2.24) is 9.78 Å². The van der Waals surface area contributed by atoms with Crippen LogP contribution in [0.4, 0.5) is 4.39 Å². The predicted molar refractivity (Wildman–Crippen MR) is 60.3 cm³/mol. The van der Waals surface area contributed by atoms with Gasteiger partial charge in [0.15, 0.2) is 0 Å². The van der Waals surface area contributed by atoms with E-state index >= 15 is 0 Å². The number of rotatable bonds is 3. The van der Waals surface area contributed by atoms with E-state index in [4.69, 9.17) is 5.11 Å². The highest BCUT2D eigenvalue weighted by Crippen LogP contribution is 2.24. The third-order valence-electron chi connectivity index (χ3n) is 2.48. The van der Waals surface area contributed by atoms with E-state index in [-0.39, 0.29) is 5.56 Å². The van der Waals surface area contributed by atoms with E-state index in [1.165, 1.54) is 18.3 Å². The maximum atomic E-state index is 13.2. The van der Waals surface area contributed by atoms with Crippen LogP contribution in [0.25, 0.3) is 11.1 Å². The van der Waals surface area contributed by atoms with E-state index in [0.29, 0.717) is 17.7 Å². The fraction of sp³-hybridized carbons (Fsp3) is 0.167. The third-order valence-corrected chi connectivity index (χ3v) is 2.48. The molecule has 0 saturated heterocycles. The molecule has 0 bridgehead atoms. The summed E-state index contributed by atoms with van der Waals surface area (Å²) < 4.78 is 14.8. The summed E-state index contributed by atoms with van der Waals surface area (Å²) in [5.74, 6) is -1.54. The van der Waals surface area contributed by atoms with Gasteiger partial charge in [-0.3, -0.25) is 4.68 Å². The van der Waals surface area contributed by atoms with Gasteiger partial charge in [-0.05, 0) is 25.1 Å². The second kappa shape index (κ2) is 4.37. The summed E-state index contributed by atoms with van der Waals surface area (Å²) in [7, 11) is 0. The lowest BCUT2D eigenvalue weighted by Crippen LogP contribution is -1.99. The molecule has 0 aliphatic heterocycles. The Morgan fingerprint density at radius 2 is 2.29 bits per heavy atom. The molecule has 1 aromatic carbocycles. The Morgan fingerprint density at radius 1 is 1.53 bits per heavy atom. The van der Waals surface area contributed by atoms with Gasteiger partial charge in [0.05, 0.1) is 11.8 Å². The second-order valence-corrected chi connectivity index (χ2v) is 3.58. The van der Waals surface area contributed by atoms with Crippen molar-refractivity contribution in [2.75, 3.05) is 0 Å². The molecule has 2 aromatic rings. The van der Waals surface area contributed by atoms with Crippen LogP contribution >= 0.6 is 0 Å². The number of hydrogen-bond acceptors (Lipinski definition) is 2.